The summed E-state index contributed by atoms with van der Waals surface area (Å²) in [6, 6.07) is 12.6. The molecule has 0 aliphatic heterocycles. The highest BCUT2D eigenvalue weighted by Crippen LogP contribution is 2.24. The second kappa shape index (κ2) is 7.02. The Labute approximate surface area is 136 Å². The van der Waals surface area contributed by atoms with Crippen LogP contribution in [0.15, 0.2) is 46.9 Å². The predicted molar refractivity (Wildman–Crippen MR) is 87.5 cm³/mol. The Morgan fingerprint density at radius 1 is 1.29 bits per heavy atom. The molecule has 0 aliphatic carbocycles. The fourth-order valence-corrected chi connectivity index (χ4v) is 2.47. The van der Waals surface area contributed by atoms with Crippen LogP contribution in [0.1, 0.15) is 24.1 Å². The summed E-state index contributed by atoms with van der Waals surface area (Å²) in [7, 11) is 0. The fraction of sp³-hybridized carbons (Fsp3) is 0.200. The minimum absolute atomic E-state index is 0.0786. The number of nitro groups is 1. The maximum Gasteiger partial charge on any atom is 0.273 e. The molecule has 0 bridgehead atoms. The Bertz CT molecular complexity index is 647. The van der Waals surface area contributed by atoms with E-state index < -0.39 is 4.92 Å². The molecular weight excluding hydrogens is 356 g/mol. The Hall–Kier alpha value is -1.43. The van der Waals surface area contributed by atoms with Gasteiger partial charge in [0.15, 0.2) is 0 Å². The summed E-state index contributed by atoms with van der Waals surface area (Å²) < 4.78 is 1.02. The van der Waals surface area contributed by atoms with Crippen LogP contribution in [0.5, 0.6) is 0 Å². The van der Waals surface area contributed by atoms with Crippen molar-refractivity contribution in [2.75, 3.05) is 0 Å². The van der Waals surface area contributed by atoms with Crippen LogP contribution >= 0.6 is 27.5 Å². The molecule has 0 saturated heterocycles. The lowest BCUT2D eigenvalue weighted by Gasteiger charge is -2.14. The van der Waals surface area contributed by atoms with Crippen molar-refractivity contribution >= 4 is 33.2 Å². The van der Waals surface area contributed by atoms with Crippen molar-refractivity contribution in [2.24, 2.45) is 0 Å². The molecule has 0 spiro atoms. The second-order valence-corrected chi connectivity index (χ2v) is 6.04. The molecule has 1 N–H and O–H groups in total. The van der Waals surface area contributed by atoms with E-state index in [1.165, 1.54) is 12.1 Å². The number of nitro benzene ring substituents is 1. The van der Waals surface area contributed by atoms with Gasteiger partial charge in [0, 0.05) is 33.7 Å². The van der Waals surface area contributed by atoms with E-state index in [0.717, 1.165) is 10.0 Å². The Kier molecular flexibility index (Phi) is 5.33. The topological polar surface area (TPSA) is 55.2 Å². The smallest absolute Gasteiger partial charge is 0.273 e. The lowest BCUT2D eigenvalue weighted by Crippen LogP contribution is -2.18. The van der Waals surface area contributed by atoms with E-state index in [2.05, 4.69) is 21.2 Å². The zero-order chi connectivity index (χ0) is 15.4. The standard InChI is InChI=1S/C15H14BrClN2O2/c1-10(11-2-4-13(16)5-3-11)18-9-12-8-14(17)6-7-15(12)19(20)21/h2-8,10,18H,9H2,1H3. The van der Waals surface area contributed by atoms with Gasteiger partial charge in [-0.2, -0.15) is 0 Å². The molecule has 0 fully saturated rings. The molecule has 4 nitrogen and oxygen atoms in total. The molecule has 1 atom stereocenters. The van der Waals surface area contributed by atoms with Crippen LogP contribution in [0.4, 0.5) is 5.69 Å². The number of rotatable bonds is 5. The van der Waals surface area contributed by atoms with E-state index in [1.54, 1.807) is 6.07 Å². The fourth-order valence-electron chi connectivity index (χ4n) is 2.01. The number of nitrogens with one attached hydrogen (secondary N) is 1. The first kappa shape index (κ1) is 15.9. The van der Waals surface area contributed by atoms with Crippen molar-refractivity contribution in [3.05, 3.63) is 73.2 Å². The average Bonchev–Trinajstić information content (AvgIpc) is 2.45. The van der Waals surface area contributed by atoms with Gasteiger partial charge in [-0.25, -0.2) is 0 Å². The van der Waals surface area contributed by atoms with Crippen LogP contribution in [-0.2, 0) is 6.54 Å². The number of halogens is 2. The summed E-state index contributed by atoms with van der Waals surface area (Å²) >= 11 is 9.31. The van der Waals surface area contributed by atoms with Crippen LogP contribution in [0, 0.1) is 10.1 Å². The lowest BCUT2D eigenvalue weighted by atomic mass is 10.1. The van der Waals surface area contributed by atoms with E-state index in [0.29, 0.717) is 17.1 Å². The minimum atomic E-state index is -0.391. The monoisotopic (exact) mass is 368 g/mol. The van der Waals surface area contributed by atoms with E-state index in [-0.39, 0.29) is 11.7 Å². The van der Waals surface area contributed by atoms with Crippen molar-refractivity contribution in [1.29, 1.82) is 0 Å². The Morgan fingerprint density at radius 2 is 1.95 bits per heavy atom. The summed E-state index contributed by atoms with van der Waals surface area (Å²) in [5.41, 5.74) is 1.77. The number of benzene rings is 2. The molecule has 0 aliphatic rings. The first-order chi connectivity index (χ1) is 9.97. The average molecular weight is 370 g/mol. The van der Waals surface area contributed by atoms with Gasteiger partial charge in [0.1, 0.15) is 0 Å². The van der Waals surface area contributed by atoms with Gasteiger partial charge < -0.3 is 5.32 Å². The molecule has 6 heteroatoms. The molecule has 0 saturated carbocycles. The summed E-state index contributed by atoms with van der Waals surface area (Å²) in [4.78, 5) is 10.6. The zero-order valence-corrected chi connectivity index (χ0v) is 13.7. The molecule has 0 amide bonds. The highest BCUT2D eigenvalue weighted by Gasteiger charge is 2.14. The second-order valence-electron chi connectivity index (χ2n) is 4.68. The molecule has 2 aromatic carbocycles. The van der Waals surface area contributed by atoms with Gasteiger partial charge in [-0.3, -0.25) is 10.1 Å². The number of hydrogen-bond donors (Lipinski definition) is 1. The minimum Gasteiger partial charge on any atom is -0.306 e. The third-order valence-corrected chi connectivity index (χ3v) is 3.97. The quantitative estimate of drug-likeness (QED) is 0.605. The normalized spacial score (nSPS) is 12.1. The van der Waals surface area contributed by atoms with E-state index in [1.807, 2.05) is 31.2 Å². The molecule has 2 rings (SSSR count). The summed E-state index contributed by atoms with van der Waals surface area (Å²) in [6.07, 6.45) is 0. The van der Waals surface area contributed by atoms with E-state index in [4.69, 9.17) is 11.6 Å². The largest absolute Gasteiger partial charge is 0.306 e. The van der Waals surface area contributed by atoms with Gasteiger partial charge in [-0.1, -0.05) is 39.7 Å². The van der Waals surface area contributed by atoms with Gasteiger partial charge in [0.25, 0.3) is 5.69 Å². The van der Waals surface area contributed by atoms with Gasteiger partial charge in [0.05, 0.1) is 4.92 Å². The molecule has 0 heterocycles. The molecule has 21 heavy (non-hydrogen) atoms. The molecule has 2 aromatic rings. The van der Waals surface area contributed by atoms with Crippen LogP contribution in [-0.4, -0.2) is 4.92 Å². The zero-order valence-electron chi connectivity index (χ0n) is 11.3. The van der Waals surface area contributed by atoms with Gasteiger partial charge in [0.2, 0.25) is 0 Å². The first-order valence-corrected chi connectivity index (χ1v) is 7.56. The predicted octanol–water partition coefficient (Wildman–Crippen LogP) is 4.86. The third kappa shape index (κ3) is 4.27. The Morgan fingerprint density at radius 3 is 2.57 bits per heavy atom. The maximum atomic E-state index is 11.0. The summed E-state index contributed by atoms with van der Waals surface area (Å²) in [5, 5.41) is 14.8. The molecule has 110 valence electrons. The van der Waals surface area contributed by atoms with Crippen molar-refractivity contribution < 1.29 is 4.92 Å². The lowest BCUT2D eigenvalue weighted by molar-refractivity contribution is -0.385. The highest BCUT2D eigenvalue weighted by atomic mass is 79.9. The first-order valence-electron chi connectivity index (χ1n) is 6.39. The highest BCUT2D eigenvalue weighted by molar-refractivity contribution is 9.10. The van der Waals surface area contributed by atoms with Crippen molar-refractivity contribution in [1.82, 2.24) is 5.32 Å². The third-order valence-electron chi connectivity index (χ3n) is 3.21. The number of hydrogen-bond acceptors (Lipinski definition) is 3. The summed E-state index contributed by atoms with van der Waals surface area (Å²) in [6.45, 7) is 2.40. The van der Waals surface area contributed by atoms with Crippen molar-refractivity contribution in [3.63, 3.8) is 0 Å². The van der Waals surface area contributed by atoms with E-state index in [9.17, 15) is 10.1 Å². The maximum absolute atomic E-state index is 11.0. The van der Waals surface area contributed by atoms with Crippen LogP contribution < -0.4 is 5.32 Å². The molecular formula is C15H14BrClN2O2. The Balaban J connectivity index is 2.10. The molecule has 1 unspecified atom stereocenters. The number of nitrogens with zero attached hydrogens (tertiary/aromatic N) is 1. The van der Waals surface area contributed by atoms with Crippen LogP contribution in [0.25, 0.3) is 0 Å². The van der Waals surface area contributed by atoms with Crippen LogP contribution in [0.3, 0.4) is 0 Å². The molecule has 0 radical (unpaired) electrons. The van der Waals surface area contributed by atoms with Gasteiger partial charge in [-0.05, 0) is 36.8 Å². The summed E-state index contributed by atoms with van der Waals surface area (Å²) in [5.74, 6) is 0. The van der Waals surface area contributed by atoms with E-state index >= 15 is 0 Å². The SMILES string of the molecule is CC(NCc1cc(Cl)ccc1[N+](=O)[O-])c1ccc(Br)cc1. The molecule has 0 aromatic heterocycles. The van der Waals surface area contributed by atoms with Gasteiger partial charge >= 0.3 is 0 Å². The van der Waals surface area contributed by atoms with Crippen molar-refractivity contribution in [3.8, 4) is 0 Å². The van der Waals surface area contributed by atoms with Crippen LogP contribution in [0.2, 0.25) is 5.02 Å². The van der Waals surface area contributed by atoms with Gasteiger partial charge in [-0.15, -0.1) is 0 Å². The van der Waals surface area contributed by atoms with Crippen molar-refractivity contribution in [2.45, 2.75) is 19.5 Å².